The molecule has 2 rings (SSSR count). The van der Waals surface area contributed by atoms with E-state index in [0.717, 1.165) is 12.4 Å². The highest BCUT2D eigenvalue weighted by Gasteiger charge is 2.01. The van der Waals surface area contributed by atoms with E-state index in [-0.39, 0.29) is 11.6 Å². The Morgan fingerprint density at radius 3 is 1.45 bits per heavy atom. The number of methoxy groups -OCH3 is 2. The smallest absolute Gasteiger partial charge is 0.227 e. The van der Waals surface area contributed by atoms with Crippen LogP contribution in [-0.4, -0.2) is 24.2 Å². The fourth-order valence-electron chi connectivity index (χ4n) is 1.10. The molecule has 0 spiro atoms. The van der Waals surface area contributed by atoms with Crippen molar-refractivity contribution in [2.75, 3.05) is 14.2 Å². The fraction of sp³-hybridized carbons (Fsp3) is 0.167. The Morgan fingerprint density at radius 2 is 1.20 bits per heavy atom. The molecule has 108 valence electrons. The lowest BCUT2D eigenvalue weighted by atomic mass is 10.5. The van der Waals surface area contributed by atoms with Crippen LogP contribution in [0, 0.1) is 11.6 Å². The zero-order valence-corrected chi connectivity index (χ0v) is 13.7. The molecule has 0 saturated heterocycles. The van der Waals surface area contributed by atoms with Crippen LogP contribution in [0.4, 0.5) is 8.78 Å². The lowest BCUT2D eigenvalue weighted by molar-refractivity contribution is 0.392. The summed E-state index contributed by atoms with van der Waals surface area (Å²) < 4.78 is 35.3. The SMILES string of the molecule is COc1ncc(F)cc1Br.COc1ncc(F)cc1Br. The van der Waals surface area contributed by atoms with Gasteiger partial charge in [0.25, 0.3) is 0 Å². The molecule has 0 aliphatic carbocycles. The summed E-state index contributed by atoms with van der Waals surface area (Å²) in [6, 6.07) is 2.59. The first-order valence-electron chi connectivity index (χ1n) is 5.18. The molecule has 0 fully saturated rings. The van der Waals surface area contributed by atoms with Gasteiger partial charge in [-0.1, -0.05) is 0 Å². The molecular weight excluding hydrogens is 402 g/mol. The van der Waals surface area contributed by atoms with Gasteiger partial charge in [-0.05, 0) is 44.0 Å². The highest BCUT2D eigenvalue weighted by molar-refractivity contribution is 9.10. The van der Waals surface area contributed by atoms with Gasteiger partial charge in [0.05, 0.1) is 35.6 Å². The minimum absolute atomic E-state index is 0.382. The third-order valence-electron chi connectivity index (χ3n) is 1.93. The summed E-state index contributed by atoms with van der Waals surface area (Å²) >= 11 is 6.16. The third kappa shape index (κ3) is 5.01. The Labute approximate surface area is 131 Å². The van der Waals surface area contributed by atoms with Gasteiger partial charge >= 0.3 is 0 Å². The molecule has 0 N–H and O–H groups in total. The molecule has 2 heterocycles. The van der Waals surface area contributed by atoms with Crippen molar-refractivity contribution >= 4 is 31.9 Å². The summed E-state index contributed by atoms with van der Waals surface area (Å²) in [6.45, 7) is 0. The van der Waals surface area contributed by atoms with Crippen molar-refractivity contribution in [2.24, 2.45) is 0 Å². The first-order valence-corrected chi connectivity index (χ1v) is 6.76. The zero-order chi connectivity index (χ0) is 15.1. The molecule has 20 heavy (non-hydrogen) atoms. The molecule has 0 saturated carbocycles. The van der Waals surface area contributed by atoms with Crippen molar-refractivity contribution in [3.63, 3.8) is 0 Å². The molecule has 0 radical (unpaired) electrons. The second-order valence-corrected chi connectivity index (χ2v) is 5.00. The molecule has 2 aromatic rings. The maximum absolute atomic E-state index is 12.3. The number of hydrogen-bond donors (Lipinski definition) is 0. The van der Waals surface area contributed by atoms with Crippen molar-refractivity contribution in [3.05, 3.63) is 45.1 Å². The van der Waals surface area contributed by atoms with Gasteiger partial charge in [0, 0.05) is 0 Å². The van der Waals surface area contributed by atoms with E-state index < -0.39 is 0 Å². The van der Waals surface area contributed by atoms with Gasteiger partial charge in [-0.15, -0.1) is 0 Å². The molecule has 0 aliphatic heterocycles. The van der Waals surface area contributed by atoms with Crippen LogP contribution >= 0.6 is 31.9 Å². The number of hydrogen-bond acceptors (Lipinski definition) is 4. The number of nitrogens with zero attached hydrogens (tertiary/aromatic N) is 2. The second-order valence-electron chi connectivity index (χ2n) is 3.29. The van der Waals surface area contributed by atoms with Gasteiger partial charge in [0.1, 0.15) is 11.6 Å². The average molecular weight is 412 g/mol. The Bertz CT molecular complexity index is 534. The van der Waals surface area contributed by atoms with Gasteiger partial charge in [0.2, 0.25) is 11.8 Å². The number of pyridine rings is 2. The number of ether oxygens (including phenoxy) is 2. The summed E-state index contributed by atoms with van der Waals surface area (Å²) in [4.78, 5) is 7.30. The van der Waals surface area contributed by atoms with E-state index in [2.05, 4.69) is 41.8 Å². The van der Waals surface area contributed by atoms with Crippen LogP contribution in [0.3, 0.4) is 0 Å². The van der Waals surface area contributed by atoms with Gasteiger partial charge in [-0.25, -0.2) is 18.7 Å². The largest absolute Gasteiger partial charge is 0.480 e. The normalized spacial score (nSPS) is 9.50. The monoisotopic (exact) mass is 410 g/mol. The molecule has 2 aromatic heterocycles. The standard InChI is InChI=1S/2C6H5BrFNO/c2*1-10-6-5(7)2-4(8)3-9-6/h2*2-3H,1H3. The highest BCUT2D eigenvalue weighted by Crippen LogP contribution is 2.22. The third-order valence-corrected chi connectivity index (χ3v) is 3.07. The van der Waals surface area contributed by atoms with E-state index in [4.69, 9.17) is 9.47 Å². The van der Waals surface area contributed by atoms with Crippen molar-refractivity contribution < 1.29 is 18.3 Å². The quantitative estimate of drug-likeness (QED) is 0.749. The van der Waals surface area contributed by atoms with Crippen molar-refractivity contribution in [1.82, 2.24) is 9.97 Å². The van der Waals surface area contributed by atoms with Crippen LogP contribution in [0.2, 0.25) is 0 Å². The van der Waals surface area contributed by atoms with Gasteiger partial charge < -0.3 is 9.47 Å². The first kappa shape index (κ1) is 16.8. The zero-order valence-electron chi connectivity index (χ0n) is 10.5. The van der Waals surface area contributed by atoms with Gasteiger partial charge in [-0.3, -0.25) is 0 Å². The lowest BCUT2D eigenvalue weighted by Gasteiger charge is -1.99. The van der Waals surface area contributed by atoms with Gasteiger partial charge in [0.15, 0.2) is 0 Å². The summed E-state index contributed by atoms with van der Waals surface area (Å²) in [6.07, 6.45) is 2.20. The van der Waals surface area contributed by atoms with Crippen LogP contribution in [0.15, 0.2) is 33.5 Å². The topological polar surface area (TPSA) is 44.2 Å². The number of aromatic nitrogens is 2. The predicted molar refractivity (Wildman–Crippen MR) is 76.9 cm³/mol. The van der Waals surface area contributed by atoms with E-state index in [1.807, 2.05) is 0 Å². The van der Waals surface area contributed by atoms with Crippen LogP contribution in [-0.2, 0) is 0 Å². The Hall–Kier alpha value is -1.28. The number of halogens is 4. The molecule has 4 nitrogen and oxygen atoms in total. The summed E-state index contributed by atoms with van der Waals surface area (Å²) in [5.74, 6) is 0.0168. The second kappa shape index (κ2) is 8.11. The molecule has 0 aliphatic rings. The van der Waals surface area contributed by atoms with E-state index in [1.54, 1.807) is 0 Å². The molecule has 0 amide bonds. The Kier molecular flexibility index (Phi) is 6.80. The average Bonchev–Trinajstić information content (AvgIpc) is 2.40. The van der Waals surface area contributed by atoms with Crippen molar-refractivity contribution in [2.45, 2.75) is 0 Å². The van der Waals surface area contributed by atoms with E-state index in [1.165, 1.54) is 26.4 Å². The summed E-state index contributed by atoms with van der Waals surface area (Å²) in [7, 11) is 2.95. The minimum atomic E-state index is -0.382. The van der Waals surface area contributed by atoms with Crippen molar-refractivity contribution in [1.29, 1.82) is 0 Å². The summed E-state index contributed by atoms with van der Waals surface area (Å²) in [5, 5.41) is 0. The van der Waals surface area contributed by atoms with E-state index in [9.17, 15) is 8.78 Å². The van der Waals surface area contributed by atoms with Gasteiger partial charge in [-0.2, -0.15) is 0 Å². The fourth-order valence-corrected chi connectivity index (χ4v) is 2.07. The first-order chi connectivity index (χ1) is 9.47. The molecule has 0 unspecified atom stereocenters. The number of rotatable bonds is 2. The molecule has 0 bridgehead atoms. The lowest BCUT2D eigenvalue weighted by Crippen LogP contribution is -1.88. The maximum atomic E-state index is 12.3. The van der Waals surface area contributed by atoms with E-state index >= 15 is 0 Å². The van der Waals surface area contributed by atoms with Crippen molar-refractivity contribution in [3.8, 4) is 11.8 Å². The predicted octanol–water partition coefficient (Wildman–Crippen LogP) is 3.98. The van der Waals surface area contributed by atoms with Crippen LogP contribution in [0.5, 0.6) is 11.8 Å². The molecule has 0 atom stereocenters. The van der Waals surface area contributed by atoms with Crippen LogP contribution in [0.1, 0.15) is 0 Å². The minimum Gasteiger partial charge on any atom is -0.480 e. The Balaban J connectivity index is 0.000000200. The van der Waals surface area contributed by atoms with Crippen LogP contribution in [0.25, 0.3) is 0 Å². The summed E-state index contributed by atoms with van der Waals surface area (Å²) in [5.41, 5.74) is 0. The van der Waals surface area contributed by atoms with E-state index in [0.29, 0.717) is 20.7 Å². The Morgan fingerprint density at radius 1 is 0.850 bits per heavy atom. The molecule has 8 heteroatoms. The van der Waals surface area contributed by atoms with Crippen LogP contribution < -0.4 is 9.47 Å². The maximum Gasteiger partial charge on any atom is 0.227 e. The molecule has 0 aromatic carbocycles. The highest BCUT2D eigenvalue weighted by atomic mass is 79.9. The molecular formula is C12H10Br2F2N2O2.